The summed E-state index contributed by atoms with van der Waals surface area (Å²) >= 11 is 0. The number of nitro groups is 1. The van der Waals surface area contributed by atoms with Crippen LogP contribution in [0.2, 0.25) is 0 Å². The van der Waals surface area contributed by atoms with E-state index in [1.165, 1.54) is 6.21 Å². The summed E-state index contributed by atoms with van der Waals surface area (Å²) in [4.78, 5) is 13.8. The molecule has 1 aliphatic rings. The molecule has 0 amide bonds. The van der Waals surface area contributed by atoms with Crippen molar-refractivity contribution >= 4 is 23.4 Å². The lowest BCUT2D eigenvalue weighted by Gasteiger charge is -2.22. The van der Waals surface area contributed by atoms with Gasteiger partial charge in [-0.15, -0.1) is 0 Å². The molecule has 0 atom stereocenters. The van der Waals surface area contributed by atoms with Crippen molar-refractivity contribution in [2.24, 2.45) is 5.10 Å². The molecule has 0 aliphatic carbocycles. The SMILES string of the molecule is O=[N+]([O-])c1c(/C=N/Nc2ccccc2)nn(-c2ccccc2)c1N1CCCCCC1. The van der Waals surface area contributed by atoms with Gasteiger partial charge < -0.3 is 4.90 Å². The highest BCUT2D eigenvalue weighted by Crippen LogP contribution is 2.35. The van der Waals surface area contributed by atoms with Crippen molar-refractivity contribution in [3.8, 4) is 5.69 Å². The van der Waals surface area contributed by atoms with Crippen molar-refractivity contribution in [2.75, 3.05) is 23.4 Å². The van der Waals surface area contributed by atoms with Crippen molar-refractivity contribution in [1.29, 1.82) is 0 Å². The van der Waals surface area contributed by atoms with Crippen molar-refractivity contribution in [1.82, 2.24) is 9.78 Å². The third-order valence-electron chi connectivity index (χ3n) is 5.11. The van der Waals surface area contributed by atoms with Gasteiger partial charge in [-0.25, -0.2) is 4.68 Å². The molecular weight excluding hydrogens is 380 g/mol. The van der Waals surface area contributed by atoms with Gasteiger partial charge in [-0.3, -0.25) is 15.5 Å². The molecule has 4 rings (SSSR count). The molecule has 0 bridgehead atoms. The molecule has 1 saturated heterocycles. The van der Waals surface area contributed by atoms with Gasteiger partial charge in [0.2, 0.25) is 5.82 Å². The summed E-state index contributed by atoms with van der Waals surface area (Å²) in [5.41, 5.74) is 4.70. The van der Waals surface area contributed by atoms with Crippen LogP contribution in [-0.4, -0.2) is 34.0 Å². The molecule has 2 aromatic carbocycles. The van der Waals surface area contributed by atoms with Crippen LogP contribution in [-0.2, 0) is 0 Å². The molecule has 8 nitrogen and oxygen atoms in total. The van der Waals surface area contributed by atoms with E-state index in [9.17, 15) is 10.1 Å². The highest BCUT2D eigenvalue weighted by atomic mass is 16.6. The number of nitrogens with one attached hydrogen (secondary N) is 1. The third kappa shape index (κ3) is 4.32. The van der Waals surface area contributed by atoms with Gasteiger partial charge in [0.05, 0.1) is 22.5 Å². The average molecular weight is 404 g/mol. The summed E-state index contributed by atoms with van der Waals surface area (Å²) in [6, 6.07) is 19.0. The highest BCUT2D eigenvalue weighted by Gasteiger charge is 2.32. The average Bonchev–Trinajstić information content (AvgIpc) is 2.95. The zero-order valence-corrected chi connectivity index (χ0v) is 16.6. The van der Waals surface area contributed by atoms with E-state index in [0.29, 0.717) is 5.82 Å². The van der Waals surface area contributed by atoms with Crippen molar-refractivity contribution in [3.05, 3.63) is 76.5 Å². The second-order valence-corrected chi connectivity index (χ2v) is 7.20. The van der Waals surface area contributed by atoms with Crippen LogP contribution in [0.15, 0.2) is 65.8 Å². The molecule has 0 saturated carbocycles. The predicted octanol–water partition coefficient (Wildman–Crippen LogP) is 4.61. The maximum Gasteiger partial charge on any atom is 0.340 e. The van der Waals surface area contributed by atoms with Crippen LogP contribution in [0.4, 0.5) is 17.2 Å². The van der Waals surface area contributed by atoms with Crippen LogP contribution in [0.5, 0.6) is 0 Å². The molecule has 1 N–H and O–H groups in total. The second kappa shape index (κ2) is 9.21. The van der Waals surface area contributed by atoms with E-state index < -0.39 is 0 Å². The van der Waals surface area contributed by atoms with Gasteiger partial charge in [0.1, 0.15) is 0 Å². The summed E-state index contributed by atoms with van der Waals surface area (Å²) < 4.78 is 1.67. The van der Waals surface area contributed by atoms with Gasteiger partial charge in [-0.1, -0.05) is 49.2 Å². The van der Waals surface area contributed by atoms with Crippen LogP contribution in [0, 0.1) is 10.1 Å². The number of nitrogens with zero attached hydrogens (tertiary/aromatic N) is 5. The quantitative estimate of drug-likeness (QED) is 0.368. The monoisotopic (exact) mass is 404 g/mol. The standard InChI is InChI=1S/C22H24N6O2/c29-28(30)21-20(17-23-24-18-11-5-3-6-12-18)25-27(19-13-7-4-8-14-19)22(21)26-15-9-1-2-10-16-26/h3-8,11-14,17,24H,1-2,9-10,15-16H2/b23-17+. The number of hydrogen-bond donors (Lipinski definition) is 1. The molecule has 0 spiro atoms. The largest absolute Gasteiger partial charge is 0.351 e. The number of para-hydroxylation sites is 2. The first-order chi connectivity index (χ1) is 14.7. The molecule has 2 heterocycles. The summed E-state index contributed by atoms with van der Waals surface area (Å²) in [6.07, 6.45) is 5.72. The molecule has 30 heavy (non-hydrogen) atoms. The number of rotatable bonds is 6. The van der Waals surface area contributed by atoms with Crippen LogP contribution in [0.1, 0.15) is 31.4 Å². The van der Waals surface area contributed by atoms with E-state index in [4.69, 9.17) is 0 Å². The van der Waals surface area contributed by atoms with Crippen molar-refractivity contribution in [3.63, 3.8) is 0 Å². The minimum Gasteiger partial charge on any atom is -0.351 e. The van der Waals surface area contributed by atoms with Crippen LogP contribution in [0.25, 0.3) is 5.69 Å². The summed E-state index contributed by atoms with van der Waals surface area (Å²) in [5, 5.41) is 20.9. The predicted molar refractivity (Wildman–Crippen MR) is 119 cm³/mol. The fraction of sp³-hybridized carbons (Fsp3) is 0.273. The lowest BCUT2D eigenvalue weighted by atomic mass is 10.2. The summed E-state index contributed by atoms with van der Waals surface area (Å²) in [7, 11) is 0. The molecule has 1 aromatic heterocycles. The Bertz CT molecular complexity index is 1010. The maximum absolute atomic E-state index is 12.1. The van der Waals surface area contributed by atoms with Gasteiger partial charge in [0.15, 0.2) is 5.69 Å². The van der Waals surface area contributed by atoms with Crippen LogP contribution < -0.4 is 10.3 Å². The summed E-state index contributed by atoms with van der Waals surface area (Å²) in [6.45, 7) is 1.55. The molecule has 0 unspecified atom stereocenters. The molecule has 1 aliphatic heterocycles. The van der Waals surface area contributed by atoms with Gasteiger partial charge in [0.25, 0.3) is 0 Å². The molecule has 3 aromatic rings. The number of hydrazone groups is 1. The maximum atomic E-state index is 12.1. The highest BCUT2D eigenvalue weighted by molar-refractivity contribution is 5.88. The van der Waals surface area contributed by atoms with E-state index in [1.807, 2.05) is 60.7 Å². The Balaban J connectivity index is 1.76. The van der Waals surface area contributed by atoms with E-state index in [0.717, 1.165) is 50.1 Å². The van der Waals surface area contributed by atoms with E-state index in [-0.39, 0.29) is 16.3 Å². The van der Waals surface area contributed by atoms with E-state index in [1.54, 1.807) is 4.68 Å². The minimum absolute atomic E-state index is 0.0145. The number of aromatic nitrogens is 2. The Labute approximate surface area is 175 Å². The molecule has 0 radical (unpaired) electrons. The Kier molecular flexibility index (Phi) is 6.03. The van der Waals surface area contributed by atoms with Gasteiger partial charge >= 0.3 is 5.69 Å². The topological polar surface area (TPSA) is 88.6 Å². The Morgan fingerprint density at radius 2 is 1.60 bits per heavy atom. The first-order valence-electron chi connectivity index (χ1n) is 10.2. The zero-order chi connectivity index (χ0) is 20.8. The van der Waals surface area contributed by atoms with Gasteiger partial charge in [-0.05, 0) is 37.1 Å². The summed E-state index contributed by atoms with van der Waals surface area (Å²) in [5.74, 6) is 0.522. The Hall–Kier alpha value is -3.68. The first-order valence-corrected chi connectivity index (χ1v) is 10.2. The number of anilines is 2. The van der Waals surface area contributed by atoms with Crippen molar-refractivity contribution in [2.45, 2.75) is 25.7 Å². The fourth-order valence-corrected chi connectivity index (χ4v) is 3.68. The van der Waals surface area contributed by atoms with Crippen LogP contribution >= 0.6 is 0 Å². The Morgan fingerprint density at radius 1 is 0.967 bits per heavy atom. The first kappa shape index (κ1) is 19.6. The number of benzene rings is 2. The van der Waals surface area contributed by atoms with Gasteiger partial charge in [-0.2, -0.15) is 10.2 Å². The lowest BCUT2D eigenvalue weighted by molar-refractivity contribution is -0.384. The van der Waals surface area contributed by atoms with Crippen LogP contribution in [0.3, 0.4) is 0 Å². The third-order valence-corrected chi connectivity index (χ3v) is 5.11. The van der Waals surface area contributed by atoms with E-state index >= 15 is 0 Å². The second-order valence-electron chi connectivity index (χ2n) is 7.20. The fourth-order valence-electron chi connectivity index (χ4n) is 3.68. The molecular formula is C22H24N6O2. The zero-order valence-electron chi connectivity index (χ0n) is 16.6. The van der Waals surface area contributed by atoms with Crippen molar-refractivity contribution < 1.29 is 4.92 Å². The molecule has 1 fully saturated rings. The normalized spacial score (nSPS) is 14.6. The van der Waals surface area contributed by atoms with Gasteiger partial charge in [0, 0.05) is 13.1 Å². The Morgan fingerprint density at radius 3 is 2.23 bits per heavy atom. The van der Waals surface area contributed by atoms with E-state index in [2.05, 4.69) is 20.5 Å². The molecule has 154 valence electrons. The lowest BCUT2D eigenvalue weighted by Crippen LogP contribution is -2.27. The number of hydrogen-bond acceptors (Lipinski definition) is 6. The minimum atomic E-state index is -0.351. The smallest absolute Gasteiger partial charge is 0.340 e. The molecule has 8 heteroatoms.